The van der Waals surface area contributed by atoms with Crippen molar-refractivity contribution in [2.75, 3.05) is 25.2 Å². The third kappa shape index (κ3) is 7.53. The smallest absolute Gasteiger partial charge is 0.307 e. The number of esters is 1. The quantitative estimate of drug-likeness (QED) is 0.597. The first kappa shape index (κ1) is 15.2. The molecule has 0 radical (unpaired) electrons. The molecule has 0 saturated heterocycles. The van der Waals surface area contributed by atoms with Gasteiger partial charge in [0.2, 0.25) is 5.91 Å². The third-order valence-electron chi connectivity index (χ3n) is 1.90. The van der Waals surface area contributed by atoms with E-state index in [1.165, 1.54) is 0 Å². The van der Waals surface area contributed by atoms with Crippen LogP contribution in [0, 0.1) is 0 Å². The topological polar surface area (TPSA) is 81.4 Å². The molecule has 0 aliphatic carbocycles. The zero-order valence-corrected chi connectivity index (χ0v) is 10.6. The molecule has 0 fully saturated rings. The Balaban J connectivity index is 3.60. The number of ether oxygens (including phenoxy) is 1. The summed E-state index contributed by atoms with van der Waals surface area (Å²) in [6.45, 7) is 2.39. The Morgan fingerprint density at radius 1 is 1.50 bits per heavy atom. The number of nitrogens with two attached hydrogens (primary N) is 1. The summed E-state index contributed by atoms with van der Waals surface area (Å²) in [5.74, 6) is 0.339. The van der Waals surface area contributed by atoms with Gasteiger partial charge in [0.15, 0.2) is 0 Å². The van der Waals surface area contributed by atoms with Gasteiger partial charge in [-0.05, 0) is 25.4 Å². The number of thioether (sulfide) groups is 1. The number of hydrogen-bond donors (Lipinski definition) is 2. The molecule has 3 N–H and O–H groups in total. The zero-order chi connectivity index (χ0) is 12.4. The van der Waals surface area contributed by atoms with Gasteiger partial charge in [0, 0.05) is 6.54 Å². The van der Waals surface area contributed by atoms with Crippen LogP contribution >= 0.6 is 11.8 Å². The minimum atomic E-state index is -0.491. The molecule has 0 bridgehead atoms. The van der Waals surface area contributed by atoms with E-state index < -0.39 is 6.04 Å². The maximum atomic E-state index is 11.4. The Morgan fingerprint density at radius 2 is 2.19 bits per heavy atom. The lowest BCUT2D eigenvalue weighted by molar-refractivity contribution is -0.143. The molecule has 0 aromatic heterocycles. The molecular weight excluding hydrogens is 228 g/mol. The van der Waals surface area contributed by atoms with Gasteiger partial charge >= 0.3 is 5.97 Å². The molecule has 6 heteroatoms. The molecule has 16 heavy (non-hydrogen) atoms. The van der Waals surface area contributed by atoms with Crippen molar-refractivity contribution in [2.24, 2.45) is 5.73 Å². The highest BCUT2D eigenvalue weighted by molar-refractivity contribution is 7.98. The summed E-state index contributed by atoms with van der Waals surface area (Å²) in [6.07, 6.45) is 2.80. The fraction of sp³-hybridized carbons (Fsp3) is 0.800. The number of nitrogens with one attached hydrogen (secondary N) is 1. The van der Waals surface area contributed by atoms with Gasteiger partial charge in [-0.1, -0.05) is 0 Å². The molecule has 1 atom stereocenters. The Hall–Kier alpha value is -0.750. The van der Waals surface area contributed by atoms with Crippen molar-refractivity contribution in [3.63, 3.8) is 0 Å². The van der Waals surface area contributed by atoms with E-state index in [1.54, 1.807) is 18.7 Å². The van der Waals surface area contributed by atoms with E-state index in [4.69, 9.17) is 10.5 Å². The molecule has 5 nitrogen and oxygen atoms in total. The number of carbonyl (C=O) groups excluding carboxylic acids is 2. The van der Waals surface area contributed by atoms with Crippen molar-refractivity contribution in [3.05, 3.63) is 0 Å². The second kappa shape index (κ2) is 9.47. The summed E-state index contributed by atoms with van der Waals surface area (Å²) in [7, 11) is 0. The van der Waals surface area contributed by atoms with E-state index in [1.807, 2.05) is 6.26 Å². The normalized spacial score (nSPS) is 11.9. The van der Waals surface area contributed by atoms with E-state index in [9.17, 15) is 9.59 Å². The predicted octanol–water partition coefficient (Wildman–Crippen LogP) is 0.136. The summed E-state index contributed by atoms with van der Waals surface area (Å²) >= 11 is 1.65. The van der Waals surface area contributed by atoms with Crippen LogP contribution in [0.4, 0.5) is 0 Å². The number of hydrogen-bond acceptors (Lipinski definition) is 5. The molecule has 0 unspecified atom stereocenters. The van der Waals surface area contributed by atoms with Gasteiger partial charge in [-0.25, -0.2) is 0 Å². The second-order valence-electron chi connectivity index (χ2n) is 3.23. The first-order valence-electron chi connectivity index (χ1n) is 5.29. The summed E-state index contributed by atoms with van der Waals surface area (Å²) in [4.78, 5) is 22.3. The molecule has 0 aromatic carbocycles. The Morgan fingerprint density at radius 3 is 2.75 bits per heavy atom. The Labute approximate surface area is 100 Å². The van der Waals surface area contributed by atoms with E-state index >= 15 is 0 Å². The van der Waals surface area contributed by atoms with Gasteiger partial charge in [0.25, 0.3) is 0 Å². The van der Waals surface area contributed by atoms with Crippen LogP contribution in [0.25, 0.3) is 0 Å². The van der Waals surface area contributed by atoms with Crippen LogP contribution in [-0.2, 0) is 14.3 Å². The van der Waals surface area contributed by atoms with Crippen LogP contribution in [-0.4, -0.2) is 43.1 Å². The molecule has 0 aliphatic rings. The van der Waals surface area contributed by atoms with Crippen LogP contribution < -0.4 is 11.1 Å². The lowest BCUT2D eigenvalue weighted by Gasteiger charge is -2.11. The number of amides is 1. The summed E-state index contributed by atoms with van der Waals surface area (Å²) in [5, 5.41) is 2.61. The SMILES string of the molecule is CCOC(=O)CCNC(=O)[C@@H](N)CCSC. The van der Waals surface area contributed by atoms with Gasteiger partial charge in [-0.2, -0.15) is 11.8 Å². The monoisotopic (exact) mass is 248 g/mol. The van der Waals surface area contributed by atoms with Gasteiger partial charge in [0.1, 0.15) is 0 Å². The molecule has 0 saturated carbocycles. The van der Waals surface area contributed by atoms with Crippen molar-refractivity contribution in [1.29, 1.82) is 0 Å². The highest BCUT2D eigenvalue weighted by Crippen LogP contribution is 1.98. The number of rotatable bonds is 8. The lowest BCUT2D eigenvalue weighted by atomic mass is 10.2. The third-order valence-corrected chi connectivity index (χ3v) is 2.55. The van der Waals surface area contributed by atoms with E-state index in [0.717, 1.165) is 5.75 Å². The van der Waals surface area contributed by atoms with Crippen molar-refractivity contribution >= 4 is 23.6 Å². The van der Waals surface area contributed by atoms with Crippen molar-refractivity contribution in [2.45, 2.75) is 25.8 Å². The largest absolute Gasteiger partial charge is 0.466 e. The first-order chi connectivity index (χ1) is 7.61. The maximum Gasteiger partial charge on any atom is 0.307 e. The molecule has 0 heterocycles. The Bertz CT molecular complexity index is 224. The standard InChI is InChI=1S/C10H20N2O3S/c1-3-15-9(13)4-6-12-10(14)8(11)5-7-16-2/h8H,3-7,11H2,1-2H3,(H,12,14)/t8-/m0/s1. The van der Waals surface area contributed by atoms with Crippen LogP contribution in [0.1, 0.15) is 19.8 Å². The van der Waals surface area contributed by atoms with Gasteiger partial charge in [-0.3, -0.25) is 9.59 Å². The Kier molecular flexibility index (Phi) is 9.03. The molecule has 0 aliphatic heterocycles. The van der Waals surface area contributed by atoms with Crippen LogP contribution in [0.3, 0.4) is 0 Å². The molecule has 1 amide bonds. The molecular formula is C10H20N2O3S. The highest BCUT2D eigenvalue weighted by Gasteiger charge is 2.12. The summed E-state index contributed by atoms with van der Waals surface area (Å²) < 4.78 is 4.72. The fourth-order valence-electron chi connectivity index (χ4n) is 1.03. The van der Waals surface area contributed by atoms with Crippen LogP contribution in [0.5, 0.6) is 0 Å². The van der Waals surface area contributed by atoms with Gasteiger partial charge < -0.3 is 15.8 Å². The zero-order valence-electron chi connectivity index (χ0n) is 9.82. The highest BCUT2D eigenvalue weighted by atomic mass is 32.2. The molecule has 94 valence electrons. The fourth-order valence-corrected chi connectivity index (χ4v) is 1.52. The van der Waals surface area contributed by atoms with Gasteiger partial charge in [-0.15, -0.1) is 0 Å². The van der Waals surface area contributed by atoms with Crippen LogP contribution in [0.15, 0.2) is 0 Å². The summed E-state index contributed by atoms with van der Waals surface area (Å²) in [6, 6.07) is -0.491. The minimum absolute atomic E-state index is 0.189. The van der Waals surface area contributed by atoms with E-state index in [0.29, 0.717) is 13.0 Å². The summed E-state index contributed by atoms with van der Waals surface area (Å²) in [5.41, 5.74) is 5.64. The lowest BCUT2D eigenvalue weighted by Crippen LogP contribution is -2.41. The van der Waals surface area contributed by atoms with Crippen LogP contribution in [0.2, 0.25) is 0 Å². The minimum Gasteiger partial charge on any atom is -0.466 e. The molecule has 0 spiro atoms. The average molecular weight is 248 g/mol. The van der Waals surface area contributed by atoms with E-state index in [2.05, 4.69) is 5.32 Å². The van der Waals surface area contributed by atoms with Crippen molar-refractivity contribution in [1.82, 2.24) is 5.32 Å². The predicted molar refractivity (Wildman–Crippen MR) is 65.2 cm³/mol. The maximum absolute atomic E-state index is 11.4. The number of carbonyl (C=O) groups is 2. The second-order valence-corrected chi connectivity index (χ2v) is 4.22. The molecule has 0 aromatic rings. The van der Waals surface area contributed by atoms with Gasteiger partial charge in [0.05, 0.1) is 19.1 Å². The molecule has 0 rings (SSSR count). The first-order valence-corrected chi connectivity index (χ1v) is 6.69. The van der Waals surface area contributed by atoms with Crippen molar-refractivity contribution in [3.8, 4) is 0 Å². The van der Waals surface area contributed by atoms with E-state index in [-0.39, 0.29) is 24.8 Å². The van der Waals surface area contributed by atoms with Crippen molar-refractivity contribution < 1.29 is 14.3 Å². The average Bonchev–Trinajstić information content (AvgIpc) is 2.26.